The summed E-state index contributed by atoms with van der Waals surface area (Å²) in [5.74, 6) is 5.08. The molecule has 2 heterocycles. The lowest BCUT2D eigenvalue weighted by Crippen LogP contribution is -2.39. The summed E-state index contributed by atoms with van der Waals surface area (Å²) < 4.78 is 0. The fourth-order valence-electron chi connectivity index (χ4n) is 2.22. The van der Waals surface area contributed by atoms with E-state index in [0.717, 1.165) is 31.5 Å². The first-order valence-corrected chi connectivity index (χ1v) is 6.54. The van der Waals surface area contributed by atoms with Gasteiger partial charge in [0.15, 0.2) is 0 Å². The summed E-state index contributed by atoms with van der Waals surface area (Å²) in [6.45, 7) is 3.35. The first-order valence-electron chi connectivity index (χ1n) is 5.66. The lowest BCUT2D eigenvalue weighted by molar-refractivity contribution is -0.144. The Morgan fingerprint density at radius 1 is 1.71 bits per heavy atom. The number of rotatable bonds is 3. The third kappa shape index (κ3) is 2.51. The van der Waals surface area contributed by atoms with Gasteiger partial charge < -0.3 is 5.11 Å². The predicted molar refractivity (Wildman–Crippen MR) is 68.0 cm³/mol. The first kappa shape index (κ1) is 12.2. The van der Waals surface area contributed by atoms with Crippen LogP contribution in [-0.4, -0.2) is 29.1 Å². The van der Waals surface area contributed by atoms with Crippen molar-refractivity contribution in [3.8, 4) is 11.8 Å². The Labute approximate surface area is 105 Å². The molecule has 0 aromatic carbocycles. The Bertz CT molecular complexity index is 469. The number of carboxylic acid groups (broad SMARTS) is 1. The number of aliphatic carboxylic acids is 1. The molecule has 0 fully saturated rings. The summed E-state index contributed by atoms with van der Waals surface area (Å²) >= 11 is 1.66. The average Bonchev–Trinajstić information content (AvgIpc) is 2.76. The number of hydrogen-bond donors (Lipinski definition) is 1. The van der Waals surface area contributed by atoms with E-state index in [2.05, 4.69) is 11.8 Å². The minimum atomic E-state index is -0.756. The quantitative estimate of drug-likeness (QED) is 0.834. The summed E-state index contributed by atoms with van der Waals surface area (Å²) in [5, 5.41) is 11.3. The van der Waals surface area contributed by atoms with E-state index in [9.17, 15) is 9.90 Å². The van der Waals surface area contributed by atoms with Crippen LogP contribution in [0.5, 0.6) is 0 Å². The van der Waals surface area contributed by atoms with Gasteiger partial charge in [-0.1, -0.05) is 0 Å². The third-order valence-corrected chi connectivity index (χ3v) is 4.00. The molecular formula is C13H15NO2S. The van der Waals surface area contributed by atoms with Gasteiger partial charge in [-0.15, -0.1) is 23.2 Å². The monoisotopic (exact) mass is 249 g/mol. The van der Waals surface area contributed by atoms with Gasteiger partial charge in [0.05, 0.1) is 0 Å². The van der Waals surface area contributed by atoms with Gasteiger partial charge in [0, 0.05) is 24.4 Å². The highest BCUT2D eigenvalue weighted by Gasteiger charge is 2.32. The van der Waals surface area contributed by atoms with E-state index in [1.165, 1.54) is 4.88 Å². The van der Waals surface area contributed by atoms with E-state index in [1.807, 2.05) is 23.3 Å². The number of nitrogens with zero attached hydrogens (tertiary/aromatic N) is 1. The Morgan fingerprint density at radius 2 is 2.53 bits per heavy atom. The highest BCUT2D eigenvalue weighted by Crippen LogP contribution is 2.33. The van der Waals surface area contributed by atoms with Crippen LogP contribution in [0, 0.1) is 11.8 Å². The Balaban J connectivity index is 2.17. The molecule has 0 bridgehead atoms. The molecule has 1 aliphatic heterocycles. The van der Waals surface area contributed by atoms with E-state index in [0.29, 0.717) is 0 Å². The van der Waals surface area contributed by atoms with Crippen molar-refractivity contribution in [3.63, 3.8) is 0 Å². The molecule has 2 rings (SSSR count). The van der Waals surface area contributed by atoms with Crippen molar-refractivity contribution in [2.45, 2.75) is 25.8 Å². The Morgan fingerprint density at radius 3 is 3.24 bits per heavy atom. The molecule has 1 N–H and O–H groups in total. The zero-order valence-corrected chi connectivity index (χ0v) is 10.6. The van der Waals surface area contributed by atoms with Crippen LogP contribution in [0.25, 0.3) is 0 Å². The van der Waals surface area contributed by atoms with E-state index in [1.54, 1.807) is 11.3 Å². The summed E-state index contributed by atoms with van der Waals surface area (Å²) in [6, 6.07) is 1.46. The molecule has 1 aromatic heterocycles. The molecule has 0 amide bonds. The predicted octanol–water partition coefficient (Wildman–Crippen LogP) is 2.15. The van der Waals surface area contributed by atoms with Crippen molar-refractivity contribution in [2.75, 3.05) is 13.1 Å². The zero-order chi connectivity index (χ0) is 12.3. The third-order valence-electron chi connectivity index (χ3n) is 3.00. The molecular weight excluding hydrogens is 234 g/mol. The topological polar surface area (TPSA) is 40.5 Å². The van der Waals surface area contributed by atoms with Gasteiger partial charge in [-0.2, -0.15) is 0 Å². The maximum absolute atomic E-state index is 11.4. The molecule has 1 atom stereocenters. The number of hydrogen-bond acceptors (Lipinski definition) is 3. The van der Waals surface area contributed by atoms with Gasteiger partial charge in [-0.05, 0) is 30.4 Å². The van der Waals surface area contributed by atoms with Gasteiger partial charge in [-0.25, -0.2) is 0 Å². The normalized spacial score (nSPS) is 19.2. The highest BCUT2D eigenvalue weighted by atomic mass is 32.1. The van der Waals surface area contributed by atoms with Crippen molar-refractivity contribution >= 4 is 17.3 Å². The second-order valence-electron chi connectivity index (χ2n) is 4.00. The smallest absolute Gasteiger partial charge is 0.325 e. The van der Waals surface area contributed by atoms with E-state index >= 15 is 0 Å². The molecule has 0 saturated carbocycles. The molecule has 0 saturated heterocycles. The SMILES string of the molecule is CC#CCCN1CCc2sccc2C1C(=O)O. The molecule has 0 spiro atoms. The van der Waals surface area contributed by atoms with Crippen LogP contribution < -0.4 is 0 Å². The first-order chi connectivity index (χ1) is 8.24. The van der Waals surface area contributed by atoms with Crippen LogP contribution in [0.15, 0.2) is 11.4 Å². The lowest BCUT2D eigenvalue weighted by Gasteiger charge is -2.32. The number of carboxylic acids is 1. The molecule has 0 aliphatic carbocycles. The number of fused-ring (bicyclic) bond motifs is 1. The van der Waals surface area contributed by atoms with Crippen LogP contribution >= 0.6 is 11.3 Å². The van der Waals surface area contributed by atoms with Gasteiger partial charge in [0.1, 0.15) is 6.04 Å². The second-order valence-corrected chi connectivity index (χ2v) is 5.00. The van der Waals surface area contributed by atoms with Crippen LogP contribution in [0.1, 0.15) is 29.8 Å². The molecule has 0 radical (unpaired) electrons. The van der Waals surface area contributed by atoms with E-state index < -0.39 is 12.0 Å². The van der Waals surface area contributed by atoms with Crippen LogP contribution in [0.4, 0.5) is 0 Å². The summed E-state index contributed by atoms with van der Waals surface area (Å²) in [5.41, 5.74) is 0.971. The van der Waals surface area contributed by atoms with Crippen molar-refractivity contribution in [1.29, 1.82) is 0 Å². The van der Waals surface area contributed by atoms with Gasteiger partial charge >= 0.3 is 5.97 Å². The summed E-state index contributed by atoms with van der Waals surface area (Å²) in [7, 11) is 0. The average molecular weight is 249 g/mol. The van der Waals surface area contributed by atoms with Crippen molar-refractivity contribution in [1.82, 2.24) is 4.90 Å². The second kappa shape index (κ2) is 5.35. The summed E-state index contributed by atoms with van der Waals surface area (Å²) in [4.78, 5) is 14.6. The maximum atomic E-state index is 11.4. The lowest BCUT2D eigenvalue weighted by atomic mass is 10.00. The van der Waals surface area contributed by atoms with Gasteiger partial charge in [0.2, 0.25) is 0 Å². The molecule has 3 nitrogen and oxygen atoms in total. The standard InChI is InChI=1S/C13H15NO2S/c1-2-3-4-7-14-8-5-11-10(6-9-17-11)12(14)13(15)16/h6,9,12H,4-5,7-8H2,1H3,(H,15,16). The van der Waals surface area contributed by atoms with Crippen LogP contribution in [-0.2, 0) is 11.2 Å². The molecule has 4 heteroatoms. The van der Waals surface area contributed by atoms with Crippen molar-refractivity contribution < 1.29 is 9.90 Å². The number of carbonyl (C=O) groups is 1. The molecule has 90 valence electrons. The van der Waals surface area contributed by atoms with Crippen molar-refractivity contribution in [3.05, 3.63) is 21.9 Å². The number of thiophene rings is 1. The van der Waals surface area contributed by atoms with Crippen molar-refractivity contribution in [2.24, 2.45) is 0 Å². The fraction of sp³-hybridized carbons (Fsp3) is 0.462. The molecule has 1 aliphatic rings. The largest absolute Gasteiger partial charge is 0.480 e. The molecule has 1 unspecified atom stereocenters. The van der Waals surface area contributed by atoms with E-state index in [4.69, 9.17) is 0 Å². The van der Waals surface area contributed by atoms with Crippen LogP contribution in [0.2, 0.25) is 0 Å². The minimum Gasteiger partial charge on any atom is -0.480 e. The highest BCUT2D eigenvalue weighted by molar-refractivity contribution is 7.10. The molecule has 17 heavy (non-hydrogen) atoms. The summed E-state index contributed by atoms with van der Waals surface area (Å²) in [6.07, 6.45) is 1.69. The molecule has 1 aromatic rings. The zero-order valence-electron chi connectivity index (χ0n) is 9.77. The van der Waals surface area contributed by atoms with Gasteiger partial charge in [-0.3, -0.25) is 9.69 Å². The fourth-order valence-corrected chi connectivity index (χ4v) is 3.13. The van der Waals surface area contributed by atoms with Gasteiger partial charge in [0.25, 0.3) is 0 Å². The Kier molecular flexibility index (Phi) is 3.82. The maximum Gasteiger partial charge on any atom is 0.325 e. The minimum absolute atomic E-state index is 0.483. The van der Waals surface area contributed by atoms with Crippen LogP contribution in [0.3, 0.4) is 0 Å². The Hall–Kier alpha value is -1.31. The van der Waals surface area contributed by atoms with E-state index in [-0.39, 0.29) is 0 Å².